The number of esters is 1. The second-order valence-electron chi connectivity index (χ2n) is 13.7. The second-order valence-corrected chi connectivity index (χ2v) is 15.4. The van der Waals surface area contributed by atoms with Gasteiger partial charge in [-0.1, -0.05) is 64.6 Å². The number of carbonyl (C=O) groups excluding carboxylic acids is 4. The van der Waals surface area contributed by atoms with Gasteiger partial charge >= 0.3 is 17.7 Å². The Morgan fingerprint density at radius 1 is 0.953 bits per heavy atom. The van der Waals surface area contributed by atoms with Gasteiger partial charge in [-0.05, 0) is 61.7 Å². The molecule has 0 saturated heterocycles. The number of sulfonamides is 1. The number of ether oxygens (including phenoxy) is 1. The number of pyridine rings is 1. The summed E-state index contributed by atoms with van der Waals surface area (Å²) in [5.41, 5.74) is 0.0240. The van der Waals surface area contributed by atoms with Crippen LogP contribution in [0.4, 0.5) is 25.0 Å². The molecule has 0 radical (unpaired) electrons. The maximum Gasteiger partial charge on any atom is 0.347 e. The summed E-state index contributed by atoms with van der Waals surface area (Å²) in [6.45, 7) is 16.8. The van der Waals surface area contributed by atoms with E-state index >= 15 is 8.78 Å². The molecule has 4 rings (SSSR count). The molecule has 4 aromatic rings. The number of hydrogen-bond donors (Lipinski definition) is 2. The van der Waals surface area contributed by atoms with Crippen molar-refractivity contribution in [1.82, 2.24) is 24.8 Å². The minimum Gasteiger partial charge on any atom is -0.461 e. The van der Waals surface area contributed by atoms with Crippen molar-refractivity contribution >= 4 is 45.6 Å². The molecule has 0 aliphatic carbocycles. The second kappa shape index (κ2) is 23.9. The number of nitrogens with zero attached hydrogens (tertiary/aromatic N) is 5. The molecule has 0 bridgehead atoms. The molecule has 0 aliphatic rings. The van der Waals surface area contributed by atoms with Crippen LogP contribution in [0.5, 0.6) is 0 Å². The minimum atomic E-state index is -4.47. The third kappa shape index (κ3) is 13.0. The molecule has 2 aromatic heterocycles. The molecule has 1 unspecified atom stereocenters. The Morgan fingerprint density at radius 2 is 1.62 bits per heavy atom. The number of likely N-dealkylation sites (N-methyl/N-ethyl adjacent to an activating group) is 1. The number of nitrogens with one attached hydrogen (secondary N) is 2. The number of hydrogen-bond acceptors (Lipinski definition) is 10. The molecule has 2 N–H and O–H groups in total. The lowest BCUT2D eigenvalue weighted by molar-refractivity contribution is -0.151. The first-order valence-corrected chi connectivity index (χ1v) is 21.7. The third-order valence-electron chi connectivity index (χ3n) is 9.51. The number of urea groups is 1. The van der Waals surface area contributed by atoms with Gasteiger partial charge in [0.05, 0.1) is 33.7 Å². The van der Waals surface area contributed by atoms with Crippen LogP contribution in [0.25, 0.3) is 11.1 Å². The van der Waals surface area contributed by atoms with Crippen LogP contribution in [0.1, 0.15) is 63.5 Å². The van der Waals surface area contributed by atoms with Crippen molar-refractivity contribution < 1.29 is 41.1 Å². The standard InChI is InChI=1S/C44H47F2N7O8S.C2H6/c1-8-13-29(27-54)40(12-5)52(7)44(58)51(6)32-17-16-31(47-25-32)21-39(42(56)61-33(10-3)11-4)49-41(55)35-22-37(46)38(23-36(35)45)50-62(59,60)34-18-14-28(15-19-34)30-24-48-43(57)53(26-30)20-9-2;1-2/h8-9,12-19,22-27,33,39,50H,2,5,10-11,20-21H2,1,3-4,6-7H3,(H,49,55);1-2H3/b13-8-,40-29-;. The van der Waals surface area contributed by atoms with E-state index in [0.717, 1.165) is 0 Å². The van der Waals surface area contributed by atoms with Gasteiger partial charge in [-0.25, -0.2) is 36.6 Å². The molecule has 340 valence electrons. The lowest BCUT2D eigenvalue weighted by atomic mass is 10.1. The van der Waals surface area contributed by atoms with Crippen molar-refractivity contribution in [1.29, 1.82) is 0 Å². The predicted molar refractivity (Wildman–Crippen MR) is 242 cm³/mol. The molecular formula is C46H53F2N7O8S. The van der Waals surface area contributed by atoms with E-state index in [1.165, 1.54) is 102 Å². The quantitative estimate of drug-likeness (QED) is 0.0316. The van der Waals surface area contributed by atoms with Crippen molar-refractivity contribution in [2.45, 2.75) is 77.5 Å². The van der Waals surface area contributed by atoms with Gasteiger partial charge in [0.1, 0.15) is 23.8 Å². The van der Waals surface area contributed by atoms with E-state index in [0.29, 0.717) is 48.1 Å². The Hall–Kier alpha value is -7.08. The highest BCUT2D eigenvalue weighted by Crippen LogP contribution is 2.26. The maximum atomic E-state index is 15.5. The number of carbonyl (C=O) groups is 4. The van der Waals surface area contributed by atoms with Crippen molar-refractivity contribution in [2.75, 3.05) is 23.7 Å². The van der Waals surface area contributed by atoms with Crippen LogP contribution in [0, 0.1) is 11.6 Å². The number of aldehydes is 1. The van der Waals surface area contributed by atoms with E-state index in [1.807, 2.05) is 18.6 Å². The van der Waals surface area contributed by atoms with E-state index in [9.17, 15) is 32.4 Å². The zero-order valence-corrected chi connectivity index (χ0v) is 37.6. The molecule has 0 spiro atoms. The summed E-state index contributed by atoms with van der Waals surface area (Å²) in [6, 6.07) is 7.43. The van der Waals surface area contributed by atoms with Crippen molar-refractivity contribution in [2.24, 2.45) is 0 Å². The van der Waals surface area contributed by atoms with Crippen molar-refractivity contribution in [3.63, 3.8) is 0 Å². The van der Waals surface area contributed by atoms with Gasteiger partial charge in [-0.15, -0.1) is 6.58 Å². The zero-order chi connectivity index (χ0) is 47.7. The Morgan fingerprint density at radius 3 is 2.19 bits per heavy atom. The summed E-state index contributed by atoms with van der Waals surface area (Å²) in [4.78, 5) is 74.2. The van der Waals surface area contributed by atoms with Crippen LogP contribution < -0.4 is 20.6 Å². The van der Waals surface area contributed by atoms with Gasteiger partial charge in [0.2, 0.25) is 0 Å². The molecule has 0 saturated carbocycles. The first-order chi connectivity index (χ1) is 30.5. The van der Waals surface area contributed by atoms with E-state index in [1.54, 1.807) is 26.8 Å². The van der Waals surface area contributed by atoms with E-state index in [4.69, 9.17) is 4.74 Å². The Bertz CT molecular complexity index is 2560. The van der Waals surface area contributed by atoms with Crippen LogP contribution in [0.2, 0.25) is 0 Å². The normalized spacial score (nSPS) is 12.0. The molecule has 18 heteroatoms. The minimum absolute atomic E-state index is 0.208. The van der Waals surface area contributed by atoms with E-state index < -0.39 is 68.7 Å². The number of aromatic nitrogens is 3. The topological polar surface area (TPSA) is 190 Å². The molecule has 2 aromatic carbocycles. The summed E-state index contributed by atoms with van der Waals surface area (Å²) < 4.78 is 66.3. The summed E-state index contributed by atoms with van der Waals surface area (Å²) in [5.74, 6) is -4.65. The fourth-order valence-corrected chi connectivity index (χ4v) is 7.09. The van der Waals surface area contributed by atoms with Crippen molar-refractivity contribution in [3.05, 3.63) is 149 Å². The largest absolute Gasteiger partial charge is 0.461 e. The number of allylic oxidation sites excluding steroid dienone is 5. The van der Waals surface area contributed by atoms with Gasteiger partial charge < -0.3 is 10.1 Å². The summed E-state index contributed by atoms with van der Waals surface area (Å²) in [6.07, 6.45) is 11.0. The maximum absolute atomic E-state index is 15.5. The van der Waals surface area contributed by atoms with Gasteiger partial charge in [0, 0.05) is 62.4 Å². The highest BCUT2D eigenvalue weighted by Gasteiger charge is 2.29. The lowest BCUT2D eigenvalue weighted by Crippen LogP contribution is -2.45. The Kier molecular flexibility index (Phi) is 19.2. The summed E-state index contributed by atoms with van der Waals surface area (Å²) >= 11 is 0. The van der Waals surface area contributed by atoms with Crippen LogP contribution in [-0.4, -0.2) is 78.3 Å². The number of anilines is 2. The summed E-state index contributed by atoms with van der Waals surface area (Å²) in [7, 11) is -1.51. The monoisotopic (exact) mass is 901 g/mol. The number of halogens is 2. The van der Waals surface area contributed by atoms with Crippen LogP contribution in [0.15, 0.2) is 126 Å². The fourth-order valence-electron chi connectivity index (χ4n) is 6.03. The molecule has 64 heavy (non-hydrogen) atoms. The third-order valence-corrected chi connectivity index (χ3v) is 10.9. The van der Waals surface area contributed by atoms with E-state index in [-0.39, 0.29) is 34.8 Å². The van der Waals surface area contributed by atoms with Crippen LogP contribution in [0.3, 0.4) is 0 Å². The number of benzene rings is 2. The Balaban J connectivity index is 0.00000537. The molecule has 1 atom stereocenters. The first-order valence-electron chi connectivity index (χ1n) is 20.2. The highest BCUT2D eigenvalue weighted by atomic mass is 32.2. The van der Waals surface area contributed by atoms with Gasteiger partial charge in [0.25, 0.3) is 15.9 Å². The van der Waals surface area contributed by atoms with Crippen LogP contribution in [-0.2, 0) is 37.3 Å². The predicted octanol–water partition coefficient (Wildman–Crippen LogP) is 7.37. The molecule has 15 nitrogen and oxygen atoms in total. The Labute approximate surface area is 371 Å². The number of rotatable bonds is 19. The first kappa shape index (κ1) is 51.3. The highest BCUT2D eigenvalue weighted by molar-refractivity contribution is 7.92. The molecule has 0 fully saturated rings. The molecule has 0 aliphatic heterocycles. The zero-order valence-electron chi connectivity index (χ0n) is 36.8. The van der Waals surface area contributed by atoms with Crippen LogP contribution >= 0.6 is 0 Å². The smallest absolute Gasteiger partial charge is 0.347 e. The molecule has 2 heterocycles. The average molecular weight is 902 g/mol. The fraction of sp³-hybridized carbons (Fsp3) is 0.283. The SMILES string of the molecule is C=CCn1cc(-c2ccc(S(=O)(=O)Nc3cc(F)c(C(=O)NC(Cc4ccc(N(C)C(=O)N(C)/C(C=C)=C(C=O)/C=C\C)cn4)C(=O)OC(CC)CC)cc3F)cc2)cnc1=O.CC. The van der Waals surface area contributed by atoms with E-state index in [2.05, 4.69) is 28.4 Å². The molecule has 3 amide bonds. The van der Waals surface area contributed by atoms with Gasteiger partial charge in [-0.3, -0.25) is 33.7 Å². The summed E-state index contributed by atoms with van der Waals surface area (Å²) in [5, 5.41) is 2.40. The average Bonchev–Trinajstić information content (AvgIpc) is 3.29. The number of amides is 3. The lowest BCUT2D eigenvalue weighted by Gasteiger charge is -2.26. The molecular weight excluding hydrogens is 849 g/mol. The van der Waals surface area contributed by atoms with Crippen molar-refractivity contribution in [3.8, 4) is 11.1 Å². The van der Waals surface area contributed by atoms with Gasteiger partial charge in [0.15, 0.2) is 6.29 Å². The van der Waals surface area contributed by atoms with Gasteiger partial charge in [-0.2, -0.15) is 0 Å².